The van der Waals surface area contributed by atoms with Gasteiger partial charge in [0, 0.05) is 6.08 Å². The summed E-state index contributed by atoms with van der Waals surface area (Å²) in [6.07, 6.45) is 2.71. The van der Waals surface area contributed by atoms with Gasteiger partial charge in [-0.1, -0.05) is 49.1 Å². The zero-order valence-corrected chi connectivity index (χ0v) is 9.14. The number of hydrogen-bond donors (Lipinski definition) is 0. The van der Waals surface area contributed by atoms with Crippen molar-refractivity contribution in [2.24, 2.45) is 0 Å². The van der Waals surface area contributed by atoms with E-state index in [1.54, 1.807) is 0 Å². The van der Waals surface area contributed by atoms with Crippen LogP contribution in [-0.2, 0) is 0 Å². The quantitative estimate of drug-likeness (QED) is 0.439. The summed E-state index contributed by atoms with van der Waals surface area (Å²) in [5.41, 5.74) is 2.33. The van der Waals surface area contributed by atoms with E-state index in [-0.39, 0.29) is 5.70 Å². The van der Waals surface area contributed by atoms with Crippen molar-refractivity contribution in [2.75, 3.05) is 0 Å². The predicted octanol–water partition coefficient (Wildman–Crippen LogP) is 3.35. The summed E-state index contributed by atoms with van der Waals surface area (Å²) < 4.78 is 0. The van der Waals surface area contributed by atoms with Gasteiger partial charge in [-0.05, 0) is 12.5 Å². The first-order chi connectivity index (χ1) is 7.60. The van der Waals surface area contributed by atoms with Crippen LogP contribution in [-0.4, -0.2) is 4.92 Å². The Labute approximate surface area is 94.6 Å². The third-order valence-electron chi connectivity index (χ3n) is 2.23. The number of aryl methyl sites for hydroxylation is 1. The SMILES string of the molecule is C=C/C(=C(\C=C)[N+](=O)[O-])c1ccc(C)cc1. The molecule has 0 saturated heterocycles. The molecule has 16 heavy (non-hydrogen) atoms. The van der Waals surface area contributed by atoms with E-state index < -0.39 is 4.92 Å². The molecule has 3 heteroatoms. The second-order valence-corrected chi connectivity index (χ2v) is 3.33. The number of rotatable bonds is 4. The lowest BCUT2D eigenvalue weighted by Gasteiger charge is -2.03. The molecule has 0 heterocycles. The summed E-state index contributed by atoms with van der Waals surface area (Å²) in [6.45, 7) is 9.01. The summed E-state index contributed by atoms with van der Waals surface area (Å²) in [7, 11) is 0. The van der Waals surface area contributed by atoms with Crippen LogP contribution < -0.4 is 0 Å². The molecule has 0 N–H and O–H groups in total. The Bertz CT molecular complexity index is 455. The Balaban J connectivity index is 3.35. The molecule has 0 aliphatic heterocycles. The molecule has 0 spiro atoms. The zero-order chi connectivity index (χ0) is 12.1. The van der Waals surface area contributed by atoms with Crippen molar-refractivity contribution in [3.63, 3.8) is 0 Å². The van der Waals surface area contributed by atoms with E-state index in [1.807, 2.05) is 31.2 Å². The number of nitro groups is 1. The maximum atomic E-state index is 10.8. The zero-order valence-electron chi connectivity index (χ0n) is 9.14. The van der Waals surface area contributed by atoms with E-state index in [1.165, 1.54) is 12.2 Å². The fraction of sp³-hybridized carbons (Fsp3) is 0.0769. The second-order valence-electron chi connectivity index (χ2n) is 3.33. The van der Waals surface area contributed by atoms with Crippen molar-refractivity contribution in [1.29, 1.82) is 0 Å². The number of nitrogens with zero attached hydrogens (tertiary/aromatic N) is 1. The Kier molecular flexibility index (Phi) is 3.78. The predicted molar refractivity (Wildman–Crippen MR) is 65.5 cm³/mol. The van der Waals surface area contributed by atoms with Crippen molar-refractivity contribution in [1.82, 2.24) is 0 Å². The fourth-order valence-electron chi connectivity index (χ4n) is 1.39. The van der Waals surface area contributed by atoms with Gasteiger partial charge in [-0.2, -0.15) is 0 Å². The Morgan fingerprint density at radius 3 is 2.19 bits per heavy atom. The van der Waals surface area contributed by atoms with Crippen molar-refractivity contribution < 1.29 is 4.92 Å². The topological polar surface area (TPSA) is 43.1 Å². The van der Waals surface area contributed by atoms with Crippen molar-refractivity contribution in [3.8, 4) is 0 Å². The van der Waals surface area contributed by atoms with Gasteiger partial charge in [-0.25, -0.2) is 0 Å². The molecule has 1 rings (SSSR count). The highest BCUT2D eigenvalue weighted by Crippen LogP contribution is 2.21. The van der Waals surface area contributed by atoms with Gasteiger partial charge in [0.25, 0.3) is 5.70 Å². The van der Waals surface area contributed by atoms with E-state index in [4.69, 9.17) is 0 Å². The maximum absolute atomic E-state index is 10.8. The van der Waals surface area contributed by atoms with Gasteiger partial charge in [0.1, 0.15) is 0 Å². The molecule has 0 saturated carbocycles. The van der Waals surface area contributed by atoms with Gasteiger partial charge < -0.3 is 0 Å². The minimum Gasteiger partial charge on any atom is -0.258 e. The van der Waals surface area contributed by atoms with E-state index in [9.17, 15) is 10.1 Å². The minimum absolute atomic E-state index is 0.0288. The first kappa shape index (κ1) is 11.9. The number of allylic oxidation sites excluding steroid dienone is 3. The van der Waals surface area contributed by atoms with Crippen LogP contribution in [0.4, 0.5) is 0 Å². The number of hydrogen-bond acceptors (Lipinski definition) is 2. The number of benzene rings is 1. The largest absolute Gasteiger partial charge is 0.276 e. The molecule has 0 bridgehead atoms. The molecule has 0 radical (unpaired) electrons. The summed E-state index contributed by atoms with van der Waals surface area (Å²) in [5, 5.41) is 10.8. The van der Waals surface area contributed by atoms with Gasteiger partial charge in [0.05, 0.1) is 10.5 Å². The highest BCUT2D eigenvalue weighted by molar-refractivity contribution is 5.76. The lowest BCUT2D eigenvalue weighted by atomic mass is 10.0. The molecule has 0 unspecified atom stereocenters. The average molecular weight is 215 g/mol. The second kappa shape index (κ2) is 5.07. The molecule has 0 fully saturated rings. The summed E-state index contributed by atoms with van der Waals surface area (Å²) in [4.78, 5) is 10.3. The fourth-order valence-corrected chi connectivity index (χ4v) is 1.39. The van der Waals surface area contributed by atoms with Gasteiger partial charge >= 0.3 is 0 Å². The smallest absolute Gasteiger partial charge is 0.258 e. The highest BCUT2D eigenvalue weighted by Gasteiger charge is 2.13. The third kappa shape index (κ3) is 2.45. The van der Waals surface area contributed by atoms with Crippen LogP contribution in [0.3, 0.4) is 0 Å². The summed E-state index contributed by atoms with van der Waals surface area (Å²) in [6, 6.07) is 7.47. The van der Waals surface area contributed by atoms with Crippen LogP contribution in [0, 0.1) is 17.0 Å². The van der Waals surface area contributed by atoms with Crippen molar-refractivity contribution in [2.45, 2.75) is 6.92 Å². The minimum atomic E-state index is -0.454. The van der Waals surface area contributed by atoms with Gasteiger partial charge in [0.15, 0.2) is 0 Å². The highest BCUT2D eigenvalue weighted by atomic mass is 16.6. The Morgan fingerprint density at radius 1 is 1.25 bits per heavy atom. The van der Waals surface area contributed by atoms with Gasteiger partial charge in [-0.3, -0.25) is 10.1 Å². The molecule has 1 aromatic rings. The van der Waals surface area contributed by atoms with Crippen LogP contribution >= 0.6 is 0 Å². The van der Waals surface area contributed by atoms with E-state index in [0.717, 1.165) is 11.1 Å². The molecular formula is C13H13NO2. The molecule has 1 aromatic carbocycles. The van der Waals surface area contributed by atoms with Crippen LogP contribution in [0.25, 0.3) is 5.57 Å². The average Bonchev–Trinajstić information content (AvgIpc) is 2.26. The maximum Gasteiger partial charge on any atom is 0.276 e. The molecule has 0 atom stereocenters. The molecule has 0 aliphatic carbocycles. The normalized spacial score (nSPS) is 11.6. The van der Waals surface area contributed by atoms with Crippen molar-refractivity contribution in [3.05, 3.63) is 76.5 Å². The molecule has 3 nitrogen and oxygen atoms in total. The first-order valence-electron chi connectivity index (χ1n) is 4.80. The molecule has 82 valence electrons. The molecule has 0 amide bonds. The van der Waals surface area contributed by atoms with Gasteiger partial charge in [-0.15, -0.1) is 0 Å². The Morgan fingerprint density at radius 2 is 1.81 bits per heavy atom. The van der Waals surface area contributed by atoms with Crippen molar-refractivity contribution >= 4 is 5.57 Å². The standard InChI is InChI=1S/C13H13NO2/c1-4-12(13(5-2)14(15)16)11-8-6-10(3)7-9-11/h4-9H,1-2H2,3H3/b13-12-. The van der Waals surface area contributed by atoms with E-state index in [2.05, 4.69) is 13.2 Å². The van der Waals surface area contributed by atoms with Crippen LogP contribution in [0.1, 0.15) is 11.1 Å². The summed E-state index contributed by atoms with van der Waals surface area (Å²) in [5.74, 6) is 0. The van der Waals surface area contributed by atoms with Gasteiger partial charge in [0.2, 0.25) is 0 Å². The van der Waals surface area contributed by atoms with E-state index in [0.29, 0.717) is 5.57 Å². The van der Waals surface area contributed by atoms with Crippen LogP contribution in [0.2, 0.25) is 0 Å². The summed E-state index contributed by atoms with van der Waals surface area (Å²) >= 11 is 0. The molecule has 0 aliphatic rings. The van der Waals surface area contributed by atoms with E-state index >= 15 is 0 Å². The third-order valence-corrected chi connectivity index (χ3v) is 2.23. The lowest BCUT2D eigenvalue weighted by molar-refractivity contribution is -0.417. The first-order valence-corrected chi connectivity index (χ1v) is 4.80. The Hall–Kier alpha value is -2.16. The molecular weight excluding hydrogens is 202 g/mol. The molecule has 0 aromatic heterocycles. The monoisotopic (exact) mass is 215 g/mol. The van der Waals surface area contributed by atoms with Crippen LogP contribution in [0.15, 0.2) is 55.3 Å². The van der Waals surface area contributed by atoms with Crippen LogP contribution in [0.5, 0.6) is 0 Å². The lowest BCUT2D eigenvalue weighted by Crippen LogP contribution is -1.99.